The molecule has 0 aromatic heterocycles. The van der Waals surface area contributed by atoms with Gasteiger partial charge >= 0.3 is 5.97 Å². The van der Waals surface area contributed by atoms with E-state index in [2.05, 4.69) is 10.2 Å². The number of esters is 1. The number of hydrogen-bond acceptors (Lipinski definition) is 6. The van der Waals surface area contributed by atoms with Gasteiger partial charge < -0.3 is 24.4 Å². The molecule has 1 aliphatic rings. The second kappa shape index (κ2) is 10.1. The number of carbonyl (C=O) groups is 2. The van der Waals surface area contributed by atoms with Crippen molar-refractivity contribution in [2.75, 3.05) is 43.1 Å². The van der Waals surface area contributed by atoms with Gasteiger partial charge in [-0.1, -0.05) is 23.7 Å². The van der Waals surface area contributed by atoms with Gasteiger partial charge in [0.1, 0.15) is 5.75 Å². The minimum absolute atomic E-state index is 0.338. The molecule has 0 unspecified atom stereocenters. The van der Waals surface area contributed by atoms with Crippen LogP contribution >= 0.6 is 11.6 Å². The number of nitrogens with zero attached hydrogens (tertiary/aromatic N) is 1. The summed E-state index contributed by atoms with van der Waals surface area (Å²) in [6, 6.07) is 14.3. The number of amides is 1. The molecule has 7 nitrogen and oxygen atoms in total. The highest BCUT2D eigenvalue weighted by molar-refractivity contribution is 6.32. The van der Waals surface area contributed by atoms with E-state index < -0.39 is 18.0 Å². The normalized spacial score (nSPS) is 14.8. The Labute approximate surface area is 174 Å². The Hall–Kier alpha value is -2.77. The molecule has 1 atom stereocenters. The molecule has 1 N–H and O–H groups in total. The van der Waals surface area contributed by atoms with Crippen molar-refractivity contribution < 1.29 is 23.8 Å². The summed E-state index contributed by atoms with van der Waals surface area (Å²) in [6.45, 7) is 4.27. The molecular formula is C21H23ClN2O5. The van der Waals surface area contributed by atoms with Crippen LogP contribution in [-0.2, 0) is 19.1 Å². The number of benzene rings is 2. The van der Waals surface area contributed by atoms with Gasteiger partial charge in [-0.25, -0.2) is 4.79 Å². The highest BCUT2D eigenvalue weighted by Crippen LogP contribution is 2.23. The van der Waals surface area contributed by atoms with Crippen molar-refractivity contribution in [3.05, 3.63) is 53.6 Å². The second-order valence-corrected chi connectivity index (χ2v) is 6.89. The molecule has 154 valence electrons. The van der Waals surface area contributed by atoms with Crippen LogP contribution < -0.4 is 15.0 Å². The number of ether oxygens (including phenoxy) is 3. The summed E-state index contributed by atoms with van der Waals surface area (Å²) in [4.78, 5) is 26.4. The van der Waals surface area contributed by atoms with Gasteiger partial charge in [0.2, 0.25) is 0 Å². The van der Waals surface area contributed by atoms with Crippen LogP contribution in [0.4, 0.5) is 11.4 Å². The quantitative estimate of drug-likeness (QED) is 0.696. The highest BCUT2D eigenvalue weighted by atomic mass is 35.5. The van der Waals surface area contributed by atoms with Gasteiger partial charge in [-0.05, 0) is 43.3 Å². The molecule has 1 aliphatic heterocycles. The number of hydrogen-bond donors (Lipinski definition) is 1. The van der Waals surface area contributed by atoms with E-state index >= 15 is 0 Å². The molecule has 8 heteroatoms. The van der Waals surface area contributed by atoms with E-state index in [-0.39, 0.29) is 6.61 Å². The lowest BCUT2D eigenvalue weighted by Crippen LogP contribution is -2.36. The molecule has 29 heavy (non-hydrogen) atoms. The van der Waals surface area contributed by atoms with E-state index in [1.807, 2.05) is 24.3 Å². The predicted octanol–water partition coefficient (Wildman–Crippen LogP) is 3.13. The van der Waals surface area contributed by atoms with Crippen LogP contribution in [0.1, 0.15) is 6.92 Å². The molecule has 1 fully saturated rings. The van der Waals surface area contributed by atoms with Gasteiger partial charge in [0.25, 0.3) is 5.91 Å². The molecule has 0 bridgehead atoms. The SMILES string of the molecule is C[C@@H](OC(=O)COc1ccccc1Cl)C(=O)Nc1ccc(N2CCOCC2)cc1. The minimum atomic E-state index is -0.962. The molecule has 0 spiro atoms. The Morgan fingerprint density at radius 3 is 2.52 bits per heavy atom. The van der Waals surface area contributed by atoms with Gasteiger partial charge in [-0.3, -0.25) is 4.79 Å². The van der Waals surface area contributed by atoms with Gasteiger partial charge in [0.05, 0.1) is 18.2 Å². The summed E-state index contributed by atoms with van der Waals surface area (Å²) >= 11 is 5.96. The van der Waals surface area contributed by atoms with Crippen molar-refractivity contribution in [3.63, 3.8) is 0 Å². The summed E-state index contributed by atoms with van der Waals surface area (Å²) in [5.41, 5.74) is 1.70. The van der Waals surface area contributed by atoms with Crippen molar-refractivity contribution in [3.8, 4) is 5.75 Å². The van der Waals surface area contributed by atoms with Gasteiger partial charge in [-0.2, -0.15) is 0 Å². The lowest BCUT2D eigenvalue weighted by atomic mass is 10.2. The van der Waals surface area contributed by atoms with E-state index in [9.17, 15) is 9.59 Å². The molecule has 0 saturated carbocycles. The van der Waals surface area contributed by atoms with E-state index in [4.69, 9.17) is 25.8 Å². The van der Waals surface area contributed by atoms with Crippen LogP contribution in [0.3, 0.4) is 0 Å². The van der Waals surface area contributed by atoms with Gasteiger partial charge in [-0.15, -0.1) is 0 Å². The molecule has 1 heterocycles. The molecule has 0 aliphatic carbocycles. The minimum Gasteiger partial charge on any atom is -0.480 e. The Morgan fingerprint density at radius 1 is 1.14 bits per heavy atom. The van der Waals surface area contributed by atoms with Crippen LogP contribution in [-0.4, -0.2) is 50.9 Å². The largest absolute Gasteiger partial charge is 0.480 e. The highest BCUT2D eigenvalue weighted by Gasteiger charge is 2.19. The molecule has 1 amide bonds. The summed E-state index contributed by atoms with van der Waals surface area (Å²) in [5.74, 6) is -0.700. The number of para-hydroxylation sites is 1. The standard InChI is InChI=1S/C21H23ClN2O5/c1-15(29-20(25)14-28-19-5-3-2-4-18(19)22)21(26)23-16-6-8-17(9-7-16)24-10-12-27-13-11-24/h2-9,15H,10-14H2,1H3,(H,23,26)/t15-/m1/s1. The van der Waals surface area contributed by atoms with Crippen LogP contribution in [0, 0.1) is 0 Å². The van der Waals surface area contributed by atoms with Crippen LogP contribution in [0.25, 0.3) is 0 Å². The first kappa shape index (κ1) is 21.0. The number of rotatable bonds is 7. The maximum atomic E-state index is 12.3. The Morgan fingerprint density at radius 2 is 1.83 bits per heavy atom. The zero-order chi connectivity index (χ0) is 20.6. The predicted molar refractivity (Wildman–Crippen MR) is 111 cm³/mol. The third-order valence-electron chi connectivity index (χ3n) is 4.37. The molecule has 1 saturated heterocycles. The Kier molecular flexibility index (Phi) is 7.32. The molecular weight excluding hydrogens is 396 g/mol. The third kappa shape index (κ3) is 6.10. The number of nitrogens with one attached hydrogen (secondary N) is 1. The molecule has 2 aromatic carbocycles. The first-order valence-electron chi connectivity index (χ1n) is 9.33. The van der Waals surface area contributed by atoms with Crippen molar-refractivity contribution in [1.82, 2.24) is 0 Å². The van der Waals surface area contributed by atoms with Crippen LogP contribution in [0.15, 0.2) is 48.5 Å². The fraction of sp³-hybridized carbons (Fsp3) is 0.333. The number of carbonyl (C=O) groups excluding carboxylic acids is 2. The lowest BCUT2D eigenvalue weighted by Gasteiger charge is -2.28. The summed E-state index contributed by atoms with van der Waals surface area (Å²) < 4.78 is 15.8. The average Bonchev–Trinajstić information content (AvgIpc) is 2.74. The van der Waals surface area contributed by atoms with Gasteiger partial charge in [0, 0.05) is 24.5 Å². The molecule has 3 rings (SSSR count). The van der Waals surface area contributed by atoms with Gasteiger partial charge in [0.15, 0.2) is 12.7 Å². The first-order chi connectivity index (χ1) is 14.0. The first-order valence-corrected chi connectivity index (χ1v) is 9.71. The fourth-order valence-electron chi connectivity index (χ4n) is 2.80. The van der Waals surface area contributed by atoms with E-state index in [0.717, 1.165) is 18.8 Å². The molecule has 2 aromatic rings. The number of anilines is 2. The monoisotopic (exact) mass is 418 g/mol. The summed E-state index contributed by atoms with van der Waals surface area (Å²) in [5, 5.41) is 3.13. The maximum absolute atomic E-state index is 12.3. The van der Waals surface area contributed by atoms with Crippen LogP contribution in [0.2, 0.25) is 5.02 Å². The topological polar surface area (TPSA) is 77.1 Å². The number of halogens is 1. The second-order valence-electron chi connectivity index (χ2n) is 6.49. The third-order valence-corrected chi connectivity index (χ3v) is 4.68. The van der Waals surface area contributed by atoms with Crippen molar-refractivity contribution in [2.45, 2.75) is 13.0 Å². The Bertz CT molecular complexity index is 837. The maximum Gasteiger partial charge on any atom is 0.344 e. The zero-order valence-corrected chi connectivity index (χ0v) is 16.9. The van der Waals surface area contributed by atoms with E-state index in [1.54, 1.807) is 24.3 Å². The summed E-state index contributed by atoms with van der Waals surface area (Å²) in [7, 11) is 0. The van der Waals surface area contributed by atoms with Crippen molar-refractivity contribution in [2.24, 2.45) is 0 Å². The van der Waals surface area contributed by atoms with E-state index in [1.165, 1.54) is 6.92 Å². The molecule has 0 radical (unpaired) electrons. The lowest BCUT2D eigenvalue weighted by molar-refractivity contribution is -0.155. The van der Waals surface area contributed by atoms with Crippen LogP contribution in [0.5, 0.6) is 5.75 Å². The zero-order valence-electron chi connectivity index (χ0n) is 16.1. The number of morpholine rings is 1. The summed E-state index contributed by atoms with van der Waals surface area (Å²) in [6.07, 6.45) is -0.962. The van der Waals surface area contributed by atoms with E-state index in [0.29, 0.717) is 29.7 Å². The fourth-order valence-corrected chi connectivity index (χ4v) is 2.99. The van der Waals surface area contributed by atoms with Crippen molar-refractivity contribution in [1.29, 1.82) is 0 Å². The average molecular weight is 419 g/mol. The smallest absolute Gasteiger partial charge is 0.344 e. The Balaban J connectivity index is 1.45. The van der Waals surface area contributed by atoms with Crippen molar-refractivity contribution >= 4 is 34.9 Å².